The van der Waals surface area contributed by atoms with Gasteiger partial charge in [-0.15, -0.1) is 0 Å². The lowest BCUT2D eigenvalue weighted by atomic mass is 10.0. The summed E-state index contributed by atoms with van der Waals surface area (Å²) in [5.41, 5.74) is 9.32. The van der Waals surface area contributed by atoms with Crippen molar-refractivity contribution in [2.75, 3.05) is 6.54 Å². The molecule has 1 fully saturated rings. The Kier molecular flexibility index (Phi) is 6.64. The van der Waals surface area contributed by atoms with Crippen molar-refractivity contribution in [3.8, 4) is 0 Å². The van der Waals surface area contributed by atoms with E-state index in [2.05, 4.69) is 16.2 Å². The highest BCUT2D eigenvalue weighted by atomic mass is 16.4. The summed E-state index contributed by atoms with van der Waals surface area (Å²) < 4.78 is 7.44. The van der Waals surface area contributed by atoms with Gasteiger partial charge in [-0.05, 0) is 30.7 Å². The molecule has 1 aliphatic rings. The quantitative estimate of drug-likeness (QED) is 0.230. The first-order chi connectivity index (χ1) is 13.4. The molecular weight excluding hydrogens is 346 g/mol. The smallest absolute Gasteiger partial charge is 0.243 e. The molecule has 0 radical (unpaired) electrons. The molecule has 2 amide bonds. The molecule has 1 saturated heterocycles. The van der Waals surface area contributed by atoms with Gasteiger partial charge in [-0.2, -0.15) is 0 Å². The second kappa shape index (κ2) is 9.36. The predicted molar refractivity (Wildman–Crippen MR) is 103 cm³/mol. The van der Waals surface area contributed by atoms with Crippen LogP contribution in [0.2, 0.25) is 1.41 Å². The molecule has 0 saturated carbocycles. The van der Waals surface area contributed by atoms with Gasteiger partial charge >= 0.3 is 0 Å². The Morgan fingerprint density at radius 2 is 2.11 bits per heavy atom. The zero-order valence-corrected chi connectivity index (χ0v) is 15.8. The van der Waals surface area contributed by atoms with Gasteiger partial charge in [0.05, 0.1) is 6.04 Å². The molecule has 1 heterocycles. The number of benzene rings is 1. The zero-order valence-electron chi connectivity index (χ0n) is 16.8. The van der Waals surface area contributed by atoms with Crippen LogP contribution in [0.1, 0.15) is 44.2 Å². The van der Waals surface area contributed by atoms with Gasteiger partial charge in [-0.25, -0.2) is 0 Å². The first-order valence-electron chi connectivity index (χ1n) is 9.69. The Morgan fingerprint density at radius 1 is 1.41 bits per heavy atom. The maximum atomic E-state index is 12.8. The van der Waals surface area contributed by atoms with Gasteiger partial charge in [-0.1, -0.05) is 43.3 Å². The Labute approximate surface area is 161 Å². The van der Waals surface area contributed by atoms with Crippen LogP contribution in [0.3, 0.4) is 0 Å². The van der Waals surface area contributed by atoms with E-state index >= 15 is 0 Å². The molecule has 1 aliphatic heterocycles. The number of carbonyl (C=O) groups is 2. The van der Waals surface area contributed by atoms with E-state index in [0.29, 0.717) is 31.5 Å². The molecule has 8 heteroatoms. The highest BCUT2D eigenvalue weighted by Gasteiger charge is 2.36. The fourth-order valence-electron chi connectivity index (χ4n) is 3.23. The maximum Gasteiger partial charge on any atom is 0.243 e. The lowest BCUT2D eigenvalue weighted by Gasteiger charge is -2.27. The monoisotopic (exact) mass is 377 g/mol. The number of oxime groups is 1. The van der Waals surface area contributed by atoms with E-state index in [-0.39, 0.29) is 23.6 Å². The number of hydrogen-bond acceptors (Lipinski definition) is 5. The first kappa shape index (κ1) is 19.2. The number of carbonyl (C=O) groups excluding carboxylic acids is 2. The van der Waals surface area contributed by atoms with Crippen LogP contribution in [0, 0.1) is 5.92 Å². The number of nitrogens with two attached hydrogens (primary N) is 2. The molecule has 148 valence electrons. The van der Waals surface area contributed by atoms with Gasteiger partial charge in [0, 0.05) is 18.7 Å². The van der Waals surface area contributed by atoms with Crippen LogP contribution in [0.4, 0.5) is 0 Å². The molecule has 6 N–H and O–H groups in total. The summed E-state index contributed by atoms with van der Waals surface area (Å²) in [6, 6.07) is 5.88. The molecule has 2 atom stereocenters. The van der Waals surface area contributed by atoms with E-state index in [1.807, 2.05) is 13.8 Å². The van der Waals surface area contributed by atoms with Crippen LogP contribution in [0.5, 0.6) is 0 Å². The largest absolute Gasteiger partial charge is 0.409 e. The molecule has 8 nitrogen and oxygen atoms in total. The van der Waals surface area contributed by atoms with Gasteiger partial charge in [-0.3, -0.25) is 9.59 Å². The number of nitrogens with zero attached hydrogens (tertiary/aromatic N) is 2. The van der Waals surface area contributed by atoms with E-state index in [0.717, 1.165) is 12.0 Å². The number of likely N-dealkylation sites (tertiary alicyclic amines) is 1. The summed E-state index contributed by atoms with van der Waals surface area (Å²) in [5, 5.41) is 14.5. The molecule has 0 aliphatic carbocycles. The summed E-state index contributed by atoms with van der Waals surface area (Å²) in [7, 11) is 0. The Bertz CT molecular complexity index is 708. The highest BCUT2D eigenvalue weighted by Crippen LogP contribution is 2.20. The van der Waals surface area contributed by atoms with Crippen molar-refractivity contribution in [3.05, 3.63) is 35.4 Å². The van der Waals surface area contributed by atoms with Crippen molar-refractivity contribution in [2.24, 2.45) is 22.5 Å². The Balaban J connectivity index is 1.96. The first-order valence-corrected chi connectivity index (χ1v) is 9.19. The lowest BCUT2D eigenvalue weighted by Crippen LogP contribution is -2.51. The van der Waals surface area contributed by atoms with Gasteiger partial charge in [0.15, 0.2) is 5.84 Å². The molecule has 2 rings (SSSR count). The third kappa shape index (κ3) is 5.43. The summed E-state index contributed by atoms with van der Waals surface area (Å²) >= 11 is 0. The standard InChI is InChI=1S/C19H29N5O3/c1-12(2)10-15(20)19(26)24-9-3-4-16(24)18(25)22-11-13-5-7-14(8-6-13)17(21)23-27/h5-8,12,15-16,27H,3-4,9-11,20H2,1-2H3,(H2,21,23)(H,22,25)/t15?,16-/m0/s1/i/hT. The highest BCUT2D eigenvalue weighted by molar-refractivity contribution is 5.97. The third-order valence-corrected chi connectivity index (χ3v) is 4.67. The maximum absolute atomic E-state index is 12.8. The van der Waals surface area contributed by atoms with Crippen molar-refractivity contribution < 1.29 is 16.2 Å². The minimum absolute atomic E-state index is 0.0228. The Hall–Kier alpha value is -2.61. The molecule has 0 spiro atoms. The molecule has 0 bridgehead atoms. The van der Waals surface area contributed by atoms with Gasteiger partial charge in [0.1, 0.15) is 7.45 Å². The van der Waals surface area contributed by atoms with Crippen molar-refractivity contribution in [1.29, 1.82) is 0 Å². The van der Waals surface area contributed by atoms with E-state index in [4.69, 9.17) is 12.4 Å². The SMILES string of the molecule is [3H]NC(CC(C)C)C(=O)N1CCC[C@H]1C(=O)NCc1ccc(/C(N)=N/O)cc1. The summed E-state index contributed by atoms with van der Waals surface area (Å²) in [5.74, 6) is -0.0895. The topological polar surface area (TPSA) is 134 Å². The average molecular weight is 377 g/mol. The van der Waals surface area contributed by atoms with Crippen LogP contribution in [-0.4, -0.2) is 46.4 Å². The number of nitrogens with one attached hydrogen (secondary N) is 1. The Morgan fingerprint density at radius 3 is 2.70 bits per heavy atom. The minimum Gasteiger partial charge on any atom is -0.409 e. The number of rotatable bonds is 8. The molecular formula is C19H29N5O3. The summed E-state index contributed by atoms with van der Waals surface area (Å²) in [6.07, 6.45) is 1.94. The van der Waals surface area contributed by atoms with Crippen LogP contribution in [0.25, 0.3) is 0 Å². The van der Waals surface area contributed by atoms with Crippen molar-refractivity contribution in [3.63, 3.8) is 0 Å². The van der Waals surface area contributed by atoms with Gasteiger partial charge < -0.3 is 26.9 Å². The zero-order chi connectivity index (χ0) is 20.7. The van der Waals surface area contributed by atoms with Crippen molar-refractivity contribution in [1.82, 2.24) is 10.2 Å². The van der Waals surface area contributed by atoms with E-state index in [1.54, 1.807) is 29.2 Å². The number of amidine groups is 1. The summed E-state index contributed by atoms with van der Waals surface area (Å²) in [6.45, 7) is 4.84. The second-order valence-electron chi connectivity index (χ2n) is 7.27. The van der Waals surface area contributed by atoms with E-state index in [1.165, 1.54) is 0 Å². The molecule has 1 aromatic rings. The van der Waals surface area contributed by atoms with Crippen molar-refractivity contribution in [2.45, 2.75) is 51.7 Å². The molecule has 1 aromatic carbocycles. The third-order valence-electron chi connectivity index (χ3n) is 4.67. The second-order valence-corrected chi connectivity index (χ2v) is 7.27. The molecule has 0 aromatic heterocycles. The van der Waals surface area contributed by atoms with Crippen LogP contribution >= 0.6 is 0 Å². The van der Waals surface area contributed by atoms with E-state index < -0.39 is 12.1 Å². The van der Waals surface area contributed by atoms with Crippen LogP contribution in [0.15, 0.2) is 29.4 Å². The molecule has 27 heavy (non-hydrogen) atoms. The van der Waals surface area contributed by atoms with Crippen LogP contribution in [-0.2, 0) is 16.1 Å². The molecule has 1 unspecified atom stereocenters. The number of amides is 2. The lowest BCUT2D eigenvalue weighted by molar-refractivity contribution is -0.139. The minimum atomic E-state index is -0.598. The average Bonchev–Trinajstić information content (AvgIpc) is 3.19. The fraction of sp³-hybridized carbons (Fsp3) is 0.526. The summed E-state index contributed by atoms with van der Waals surface area (Å²) in [4.78, 5) is 27.0. The van der Waals surface area contributed by atoms with Crippen molar-refractivity contribution >= 4 is 17.6 Å². The van der Waals surface area contributed by atoms with E-state index in [9.17, 15) is 9.59 Å². The van der Waals surface area contributed by atoms with Crippen LogP contribution < -0.4 is 16.8 Å². The van der Waals surface area contributed by atoms with Gasteiger partial charge in [0.2, 0.25) is 11.8 Å². The number of hydrogen-bond donors (Lipinski definition) is 4. The predicted octanol–water partition coefficient (Wildman–Crippen LogP) is 0.762. The fourth-order valence-corrected chi connectivity index (χ4v) is 3.23. The normalized spacial score (nSPS) is 19.1. The van der Waals surface area contributed by atoms with Gasteiger partial charge in [0.25, 0.3) is 0 Å².